The lowest BCUT2D eigenvalue weighted by atomic mass is 10.0. The monoisotopic (exact) mass is 341 g/mol. The molecule has 6 heteroatoms. The molecule has 1 aromatic heterocycles. The minimum atomic E-state index is -0.357. The lowest BCUT2D eigenvalue weighted by Gasteiger charge is -2.23. The van der Waals surface area contributed by atoms with Gasteiger partial charge in [-0.1, -0.05) is 24.3 Å². The predicted molar refractivity (Wildman–Crippen MR) is 93.6 cm³/mol. The van der Waals surface area contributed by atoms with Crippen LogP contribution in [-0.2, 0) is 13.1 Å². The van der Waals surface area contributed by atoms with Crippen LogP contribution in [0.3, 0.4) is 0 Å². The number of aliphatic hydroxyl groups excluding tert-OH is 1. The maximum absolute atomic E-state index is 14.0. The summed E-state index contributed by atoms with van der Waals surface area (Å²) < 4.78 is 15.8. The quantitative estimate of drug-likeness (QED) is 0.750. The van der Waals surface area contributed by atoms with Crippen LogP contribution in [0.2, 0.25) is 0 Å². The zero-order valence-corrected chi connectivity index (χ0v) is 14.0. The summed E-state index contributed by atoms with van der Waals surface area (Å²) in [4.78, 5) is 14.6. The number of hydrogen-bond acceptors (Lipinski definition) is 3. The number of nitrogens with zero attached hydrogens (tertiary/aromatic N) is 3. The average Bonchev–Trinajstić information content (AvgIpc) is 3.08. The number of aromatic nitrogens is 2. The maximum Gasteiger partial charge on any atom is 0.254 e. The van der Waals surface area contributed by atoms with E-state index in [4.69, 9.17) is 0 Å². The molecular formula is C19H20FN3O2. The van der Waals surface area contributed by atoms with Gasteiger partial charge in [-0.15, -0.1) is 0 Å². The summed E-state index contributed by atoms with van der Waals surface area (Å²) in [6.07, 6.45) is 1.69. The van der Waals surface area contributed by atoms with Crippen molar-refractivity contribution in [3.05, 3.63) is 65.7 Å². The molecule has 1 N–H and O–H groups in total. The van der Waals surface area contributed by atoms with Crippen molar-refractivity contribution in [2.75, 3.05) is 13.2 Å². The SMILES string of the molecule is CCn1nccc1CN(CCO)C(=O)c1ccc(F)c2ccccc12. The van der Waals surface area contributed by atoms with E-state index in [0.717, 1.165) is 5.69 Å². The zero-order chi connectivity index (χ0) is 17.8. The first-order chi connectivity index (χ1) is 12.2. The number of benzene rings is 2. The molecule has 1 heterocycles. The zero-order valence-electron chi connectivity index (χ0n) is 14.0. The highest BCUT2D eigenvalue weighted by atomic mass is 19.1. The van der Waals surface area contributed by atoms with Crippen LogP contribution in [0.15, 0.2) is 48.7 Å². The van der Waals surface area contributed by atoms with Crippen molar-refractivity contribution in [3.63, 3.8) is 0 Å². The highest BCUT2D eigenvalue weighted by molar-refractivity contribution is 6.07. The van der Waals surface area contributed by atoms with E-state index < -0.39 is 0 Å². The Labute approximate surface area is 145 Å². The van der Waals surface area contributed by atoms with Crippen LogP contribution >= 0.6 is 0 Å². The fourth-order valence-electron chi connectivity index (χ4n) is 2.97. The smallest absolute Gasteiger partial charge is 0.254 e. The van der Waals surface area contributed by atoms with Crippen molar-refractivity contribution in [1.29, 1.82) is 0 Å². The van der Waals surface area contributed by atoms with Gasteiger partial charge < -0.3 is 10.0 Å². The van der Waals surface area contributed by atoms with Crippen molar-refractivity contribution in [2.45, 2.75) is 20.0 Å². The molecule has 3 rings (SSSR count). The number of fused-ring (bicyclic) bond motifs is 1. The summed E-state index contributed by atoms with van der Waals surface area (Å²) in [5, 5.41) is 14.6. The van der Waals surface area contributed by atoms with Crippen molar-refractivity contribution < 1.29 is 14.3 Å². The molecule has 0 aliphatic rings. The number of hydrogen-bond donors (Lipinski definition) is 1. The summed E-state index contributed by atoms with van der Waals surface area (Å²) in [5.41, 5.74) is 1.31. The highest BCUT2D eigenvalue weighted by Crippen LogP contribution is 2.23. The van der Waals surface area contributed by atoms with Crippen LogP contribution < -0.4 is 0 Å². The van der Waals surface area contributed by atoms with Crippen LogP contribution in [0.25, 0.3) is 10.8 Å². The molecule has 0 radical (unpaired) electrons. The second-order valence-corrected chi connectivity index (χ2v) is 5.73. The third-order valence-corrected chi connectivity index (χ3v) is 4.22. The normalized spacial score (nSPS) is 11.0. The first-order valence-corrected chi connectivity index (χ1v) is 8.23. The van der Waals surface area contributed by atoms with E-state index in [0.29, 0.717) is 29.4 Å². The largest absolute Gasteiger partial charge is 0.395 e. The van der Waals surface area contributed by atoms with Gasteiger partial charge in [0, 0.05) is 30.2 Å². The molecule has 0 fully saturated rings. The first kappa shape index (κ1) is 17.1. The maximum atomic E-state index is 14.0. The van der Waals surface area contributed by atoms with Gasteiger partial charge in [-0.3, -0.25) is 9.48 Å². The molecule has 1 amide bonds. The Morgan fingerprint density at radius 3 is 2.68 bits per heavy atom. The average molecular weight is 341 g/mol. The van der Waals surface area contributed by atoms with E-state index in [1.807, 2.05) is 13.0 Å². The third kappa shape index (κ3) is 3.39. The van der Waals surface area contributed by atoms with E-state index in [2.05, 4.69) is 5.10 Å². The number of rotatable bonds is 6. The Bertz CT molecular complexity index is 891. The molecule has 0 unspecified atom stereocenters. The number of carbonyl (C=O) groups excluding carboxylic acids is 1. The molecule has 5 nitrogen and oxygen atoms in total. The molecular weight excluding hydrogens is 321 g/mol. The minimum absolute atomic E-state index is 0.148. The van der Waals surface area contributed by atoms with Gasteiger partial charge in [-0.2, -0.15) is 5.10 Å². The Hall–Kier alpha value is -2.73. The van der Waals surface area contributed by atoms with Crippen LogP contribution in [0.4, 0.5) is 4.39 Å². The van der Waals surface area contributed by atoms with Crippen molar-refractivity contribution >= 4 is 16.7 Å². The number of amides is 1. The lowest BCUT2D eigenvalue weighted by Crippen LogP contribution is -2.34. The van der Waals surface area contributed by atoms with Gasteiger partial charge in [0.05, 0.1) is 18.8 Å². The fraction of sp³-hybridized carbons (Fsp3) is 0.263. The standard InChI is InChI=1S/C19H20FN3O2/c1-2-23-14(9-10-21-23)13-22(11-12-24)19(25)17-7-8-18(20)16-6-4-3-5-15(16)17/h3-10,24H,2,11-13H2,1H3. The Balaban J connectivity index is 1.97. The predicted octanol–water partition coefficient (Wildman–Crippen LogP) is 2.83. The van der Waals surface area contributed by atoms with Gasteiger partial charge in [0.1, 0.15) is 5.82 Å². The molecule has 3 aromatic rings. The Kier molecular flexibility index (Phi) is 5.09. The molecule has 25 heavy (non-hydrogen) atoms. The molecule has 0 bridgehead atoms. The molecule has 2 aromatic carbocycles. The van der Waals surface area contributed by atoms with E-state index in [9.17, 15) is 14.3 Å². The molecule has 0 aliphatic heterocycles. The molecule has 0 aliphatic carbocycles. The summed E-state index contributed by atoms with van der Waals surface area (Å²) in [6, 6.07) is 11.6. The molecule has 0 saturated heterocycles. The number of aryl methyl sites for hydroxylation is 1. The Morgan fingerprint density at radius 2 is 1.96 bits per heavy atom. The van der Waals surface area contributed by atoms with Crippen LogP contribution in [0.1, 0.15) is 23.0 Å². The Morgan fingerprint density at radius 1 is 1.20 bits per heavy atom. The second kappa shape index (κ2) is 7.44. The molecule has 0 spiro atoms. The van der Waals surface area contributed by atoms with E-state index in [1.165, 1.54) is 12.1 Å². The first-order valence-electron chi connectivity index (χ1n) is 8.23. The van der Waals surface area contributed by atoms with Gasteiger partial charge in [-0.25, -0.2) is 4.39 Å². The van der Waals surface area contributed by atoms with Crippen molar-refractivity contribution in [3.8, 4) is 0 Å². The van der Waals surface area contributed by atoms with Gasteiger partial charge in [0.25, 0.3) is 5.91 Å². The van der Waals surface area contributed by atoms with E-state index in [1.54, 1.807) is 40.0 Å². The molecule has 0 atom stereocenters. The third-order valence-electron chi connectivity index (χ3n) is 4.22. The van der Waals surface area contributed by atoms with Crippen LogP contribution in [0.5, 0.6) is 0 Å². The number of aliphatic hydroxyl groups is 1. The molecule has 0 saturated carbocycles. The van der Waals surface area contributed by atoms with Gasteiger partial charge in [-0.05, 0) is 30.5 Å². The van der Waals surface area contributed by atoms with Gasteiger partial charge in [0.15, 0.2) is 0 Å². The summed E-state index contributed by atoms with van der Waals surface area (Å²) >= 11 is 0. The number of halogens is 1. The lowest BCUT2D eigenvalue weighted by molar-refractivity contribution is 0.0705. The molecule has 130 valence electrons. The summed E-state index contributed by atoms with van der Waals surface area (Å²) in [7, 11) is 0. The highest BCUT2D eigenvalue weighted by Gasteiger charge is 2.20. The van der Waals surface area contributed by atoms with E-state index >= 15 is 0 Å². The van der Waals surface area contributed by atoms with Crippen LogP contribution in [-0.4, -0.2) is 38.8 Å². The summed E-state index contributed by atoms with van der Waals surface area (Å²) in [6.45, 7) is 3.05. The fourth-order valence-corrected chi connectivity index (χ4v) is 2.97. The van der Waals surface area contributed by atoms with E-state index in [-0.39, 0.29) is 24.9 Å². The second-order valence-electron chi connectivity index (χ2n) is 5.73. The summed E-state index contributed by atoms with van der Waals surface area (Å²) in [5.74, 6) is -0.598. The van der Waals surface area contributed by atoms with Gasteiger partial charge >= 0.3 is 0 Å². The number of carbonyl (C=O) groups is 1. The van der Waals surface area contributed by atoms with Crippen LogP contribution in [0, 0.1) is 5.82 Å². The van der Waals surface area contributed by atoms with Gasteiger partial charge in [0.2, 0.25) is 0 Å². The van der Waals surface area contributed by atoms with Crippen molar-refractivity contribution in [2.24, 2.45) is 0 Å². The topological polar surface area (TPSA) is 58.4 Å². The van der Waals surface area contributed by atoms with Crippen molar-refractivity contribution in [1.82, 2.24) is 14.7 Å². The minimum Gasteiger partial charge on any atom is -0.395 e.